The van der Waals surface area contributed by atoms with E-state index in [0.29, 0.717) is 16.7 Å². The van der Waals surface area contributed by atoms with Gasteiger partial charge in [0.05, 0.1) is 47.3 Å². The summed E-state index contributed by atoms with van der Waals surface area (Å²) in [5.74, 6) is -2.80. The summed E-state index contributed by atoms with van der Waals surface area (Å²) in [6.07, 6.45) is -15.6. The number of methoxy groups -OCH3 is 3. The number of hydrogen-bond acceptors (Lipinski definition) is 23. The van der Waals surface area contributed by atoms with Crippen LogP contribution >= 0.6 is 0 Å². The maximum Gasteiger partial charge on any atom is 0.331 e. The van der Waals surface area contributed by atoms with Crippen LogP contribution in [0, 0.1) is 0 Å². The molecule has 0 spiro atoms. The molecule has 6 rings (SSSR count). The van der Waals surface area contributed by atoms with Gasteiger partial charge in [0.25, 0.3) is 0 Å². The minimum atomic E-state index is -2.10. The number of aliphatic hydroxyl groups excluding tert-OH is 6. The van der Waals surface area contributed by atoms with Crippen LogP contribution in [0.4, 0.5) is 0 Å². The van der Waals surface area contributed by atoms with Crippen molar-refractivity contribution < 1.29 is 113 Å². The summed E-state index contributed by atoms with van der Waals surface area (Å²) in [6, 6.07) is 11.2. The van der Waals surface area contributed by atoms with E-state index in [0.717, 1.165) is 12.2 Å². The van der Waals surface area contributed by atoms with Crippen molar-refractivity contribution >= 4 is 24.1 Å². The molecule has 23 nitrogen and oxygen atoms in total. The third kappa shape index (κ3) is 12.3. The highest BCUT2D eigenvalue weighted by atomic mass is 16.8. The zero-order valence-electron chi connectivity index (χ0n) is 37.7. The fourth-order valence-electron chi connectivity index (χ4n) is 7.51. The molecule has 3 saturated heterocycles. The molecule has 3 aliphatic rings. The van der Waals surface area contributed by atoms with Crippen LogP contribution in [0.5, 0.6) is 40.2 Å². The molecule has 3 aromatic rings. The summed E-state index contributed by atoms with van der Waals surface area (Å²) >= 11 is 0. The van der Waals surface area contributed by atoms with Crippen LogP contribution in [0.15, 0.2) is 60.7 Å². The Morgan fingerprint density at radius 1 is 0.696 bits per heavy atom. The van der Waals surface area contributed by atoms with E-state index in [1.165, 1.54) is 88.9 Å². The van der Waals surface area contributed by atoms with E-state index in [4.69, 9.17) is 52.1 Å². The lowest BCUT2D eigenvalue weighted by molar-refractivity contribution is -0.378. The number of benzene rings is 3. The highest BCUT2D eigenvalue weighted by Crippen LogP contribution is 2.38. The minimum Gasteiger partial charge on any atom is -0.504 e. The zero-order chi connectivity index (χ0) is 50.2. The van der Waals surface area contributed by atoms with E-state index < -0.39 is 117 Å². The molecule has 0 aliphatic carbocycles. The Kier molecular flexibility index (Phi) is 17.7. The number of phenolic OH excluding ortho intramolecular Hbond substituents is 4. The Balaban J connectivity index is 1.17. The van der Waals surface area contributed by atoms with Crippen molar-refractivity contribution in [3.8, 4) is 40.2 Å². The largest absolute Gasteiger partial charge is 0.504 e. The second-order valence-electron chi connectivity index (χ2n) is 16.1. The average Bonchev–Trinajstić information content (AvgIpc) is 3.64. The van der Waals surface area contributed by atoms with Gasteiger partial charge in [0.2, 0.25) is 5.75 Å². The van der Waals surface area contributed by atoms with Gasteiger partial charge in [-0.1, -0.05) is 12.1 Å². The molecule has 3 fully saturated rings. The van der Waals surface area contributed by atoms with Gasteiger partial charge in [-0.25, -0.2) is 9.59 Å². The number of phenols is 4. The van der Waals surface area contributed by atoms with Crippen LogP contribution in [-0.2, 0) is 53.9 Å². The molecule has 10 N–H and O–H groups in total. The van der Waals surface area contributed by atoms with Crippen molar-refractivity contribution in [2.24, 2.45) is 0 Å². The number of carbonyl (C=O) groups is 2. The molecule has 13 atom stereocenters. The zero-order valence-corrected chi connectivity index (χ0v) is 37.7. The molecule has 3 heterocycles. The predicted molar refractivity (Wildman–Crippen MR) is 233 cm³/mol. The van der Waals surface area contributed by atoms with E-state index in [1.54, 1.807) is 0 Å². The summed E-state index contributed by atoms with van der Waals surface area (Å²) in [4.78, 5) is 25.8. The third-order valence-corrected chi connectivity index (χ3v) is 11.5. The molecule has 0 amide bonds. The highest BCUT2D eigenvalue weighted by molar-refractivity contribution is 5.88. The molecule has 3 aliphatic heterocycles. The van der Waals surface area contributed by atoms with Gasteiger partial charge in [-0.2, -0.15) is 0 Å². The van der Waals surface area contributed by atoms with E-state index in [9.17, 15) is 60.7 Å². The van der Waals surface area contributed by atoms with Crippen LogP contribution < -0.4 is 14.2 Å². The summed E-state index contributed by atoms with van der Waals surface area (Å²) < 4.78 is 61.7. The van der Waals surface area contributed by atoms with Crippen LogP contribution in [0.25, 0.3) is 12.2 Å². The lowest BCUT2D eigenvalue weighted by atomic mass is 9.97. The summed E-state index contributed by atoms with van der Waals surface area (Å²) in [6.45, 7) is -1.03. The number of rotatable bonds is 19. The molecule has 0 bridgehead atoms. The predicted octanol–water partition coefficient (Wildman–Crippen LogP) is -0.261. The molecule has 23 heteroatoms. The van der Waals surface area contributed by atoms with Gasteiger partial charge in [-0.15, -0.1) is 0 Å². The fraction of sp³-hybridized carbons (Fsp3) is 0.478. The molecular formula is C46H56O23. The van der Waals surface area contributed by atoms with Gasteiger partial charge in [-0.05, 0) is 78.6 Å². The summed E-state index contributed by atoms with van der Waals surface area (Å²) in [7, 11) is 4.00. The second kappa shape index (κ2) is 23.2. The van der Waals surface area contributed by atoms with Gasteiger partial charge in [-0.3, -0.25) is 0 Å². The Morgan fingerprint density at radius 2 is 1.30 bits per heavy atom. The van der Waals surface area contributed by atoms with Crippen LogP contribution in [-0.4, -0.2) is 190 Å². The van der Waals surface area contributed by atoms with Crippen LogP contribution in [0.1, 0.15) is 23.6 Å². The van der Waals surface area contributed by atoms with Crippen molar-refractivity contribution in [2.75, 3.05) is 47.8 Å². The van der Waals surface area contributed by atoms with Gasteiger partial charge in [0, 0.05) is 12.2 Å². The third-order valence-electron chi connectivity index (χ3n) is 11.5. The molecule has 0 saturated carbocycles. The summed E-state index contributed by atoms with van der Waals surface area (Å²) in [5.41, 5.74) is -0.782. The molecule has 3 aromatic carbocycles. The van der Waals surface area contributed by atoms with E-state index in [1.807, 2.05) is 0 Å². The molecule has 69 heavy (non-hydrogen) atoms. The maximum absolute atomic E-state index is 13.0. The lowest BCUT2D eigenvalue weighted by Gasteiger charge is -2.47. The molecule has 0 aromatic heterocycles. The molecule has 0 unspecified atom stereocenters. The Morgan fingerprint density at radius 3 is 1.97 bits per heavy atom. The highest BCUT2D eigenvalue weighted by Gasteiger charge is 2.57. The first-order valence-electron chi connectivity index (χ1n) is 21.4. The van der Waals surface area contributed by atoms with Crippen LogP contribution in [0.3, 0.4) is 0 Å². The first-order valence-corrected chi connectivity index (χ1v) is 21.4. The van der Waals surface area contributed by atoms with Crippen molar-refractivity contribution in [1.82, 2.24) is 0 Å². The Labute approximate surface area is 394 Å². The molecular weight excluding hydrogens is 920 g/mol. The van der Waals surface area contributed by atoms with E-state index >= 15 is 0 Å². The van der Waals surface area contributed by atoms with Gasteiger partial charge in [0.1, 0.15) is 55.4 Å². The maximum atomic E-state index is 13.0. The van der Waals surface area contributed by atoms with Crippen molar-refractivity contribution in [3.05, 3.63) is 77.4 Å². The first-order chi connectivity index (χ1) is 32.9. The van der Waals surface area contributed by atoms with Crippen molar-refractivity contribution in [3.63, 3.8) is 0 Å². The minimum absolute atomic E-state index is 0.0720. The van der Waals surface area contributed by atoms with E-state index in [2.05, 4.69) is 0 Å². The normalized spacial score (nSPS) is 30.3. The first kappa shape index (κ1) is 52.6. The number of hydrogen-bond donors (Lipinski definition) is 10. The average molecular weight is 977 g/mol. The van der Waals surface area contributed by atoms with Gasteiger partial charge in [0.15, 0.2) is 59.0 Å². The Hall–Kier alpha value is -5.80. The van der Waals surface area contributed by atoms with Gasteiger partial charge < -0.3 is 103 Å². The summed E-state index contributed by atoms with van der Waals surface area (Å²) in [5, 5.41) is 107. The fourth-order valence-corrected chi connectivity index (χ4v) is 7.51. The second-order valence-corrected chi connectivity index (χ2v) is 16.1. The molecule has 0 radical (unpaired) electrons. The standard InChI is InChI=1S/C46H56O23/c1-22-35(53)38(56)41(68-45-42(58)46(20-47,21-64-45)69-34(52)12-7-23-6-10-27(49)29(16-23)59-2)44(65-22)67-40-39(57)37(55)32(66-43(40)62-14-13-24-5-9-26(48)28(50)15-24)19-63-33(51)11-8-25-17-30(60-3)36(54)31(18-25)61-4/h5-12,15-18,22,32,35,37-45,47-50,53-58H,13-14,19-21H2,1-4H3/b11-8+,12-7+/t22-,32+,35-,37+,38+,39-,40+,41+,42-,43+,44-,45-,46+/m0/s1. The van der Waals surface area contributed by atoms with Crippen molar-refractivity contribution in [1.29, 1.82) is 0 Å². The topological polar surface area (TPSA) is 338 Å². The van der Waals surface area contributed by atoms with Crippen LogP contribution in [0.2, 0.25) is 0 Å². The lowest BCUT2D eigenvalue weighted by Crippen LogP contribution is -2.65. The number of ether oxygens (including phenoxy) is 11. The van der Waals surface area contributed by atoms with Crippen molar-refractivity contribution in [2.45, 2.75) is 92.8 Å². The van der Waals surface area contributed by atoms with Gasteiger partial charge >= 0.3 is 11.9 Å². The molecule has 378 valence electrons. The number of carbonyl (C=O) groups excluding carboxylic acids is 2. The number of esters is 2. The Bertz CT molecular complexity index is 2260. The monoisotopic (exact) mass is 976 g/mol. The van der Waals surface area contributed by atoms with E-state index in [-0.39, 0.29) is 47.5 Å². The smallest absolute Gasteiger partial charge is 0.331 e. The SMILES string of the molecule is COc1cc(/C=C/C(=O)O[C@]2(CO)CO[C@@H](O[C@H]3[C@H](O[C@H]4[C@H](OCCc5ccc(O)c(O)c5)O[C@H](COC(=O)/C=C/c5cc(OC)c(O)c(OC)c5)[C@@H](O)[C@@H]4O)O[C@@H](C)[C@H](O)[C@H]3O)[C@@H]2O)ccc1O. The number of aromatic hydroxyl groups is 4. The quantitative estimate of drug-likeness (QED) is 0.0420. The number of aliphatic hydroxyl groups is 6.